The number of amides is 1. The molecular formula is C17H23F2NO3. The van der Waals surface area contributed by atoms with Crippen LogP contribution in [0, 0.1) is 11.6 Å². The average molecular weight is 327 g/mol. The van der Waals surface area contributed by atoms with E-state index in [1.54, 1.807) is 0 Å². The van der Waals surface area contributed by atoms with Crippen molar-refractivity contribution < 1.29 is 23.4 Å². The molecule has 1 amide bonds. The van der Waals surface area contributed by atoms with Crippen molar-refractivity contribution in [1.29, 1.82) is 0 Å². The third-order valence-corrected chi connectivity index (χ3v) is 4.53. The predicted octanol–water partition coefficient (Wildman–Crippen LogP) is 2.29. The minimum Gasteiger partial charge on any atom is -0.396 e. The summed E-state index contributed by atoms with van der Waals surface area (Å²) in [6.45, 7) is 2.58. The molecule has 128 valence electrons. The van der Waals surface area contributed by atoms with E-state index in [4.69, 9.17) is 9.84 Å². The van der Waals surface area contributed by atoms with Crippen LogP contribution < -0.4 is 5.32 Å². The SMILES string of the molecule is CCC(CCO)NC(=O)C1(c2ccc(F)cc2F)CCOCC1. The van der Waals surface area contributed by atoms with Gasteiger partial charge in [-0.3, -0.25) is 4.79 Å². The first-order chi connectivity index (χ1) is 11.0. The number of halogens is 2. The van der Waals surface area contributed by atoms with E-state index in [1.807, 2.05) is 6.92 Å². The largest absolute Gasteiger partial charge is 0.396 e. The lowest BCUT2D eigenvalue weighted by molar-refractivity contribution is -0.131. The minimum absolute atomic E-state index is 0.0280. The molecular weight excluding hydrogens is 304 g/mol. The van der Waals surface area contributed by atoms with Gasteiger partial charge >= 0.3 is 0 Å². The normalized spacial score (nSPS) is 18.4. The average Bonchev–Trinajstić information content (AvgIpc) is 2.54. The smallest absolute Gasteiger partial charge is 0.231 e. The van der Waals surface area contributed by atoms with E-state index in [9.17, 15) is 13.6 Å². The van der Waals surface area contributed by atoms with Crippen LogP contribution in [0.25, 0.3) is 0 Å². The lowest BCUT2D eigenvalue weighted by atomic mass is 9.73. The fourth-order valence-corrected chi connectivity index (χ4v) is 3.07. The Morgan fingerprint density at radius 1 is 1.39 bits per heavy atom. The van der Waals surface area contributed by atoms with Gasteiger partial charge in [0.15, 0.2) is 0 Å². The van der Waals surface area contributed by atoms with Gasteiger partial charge in [0.25, 0.3) is 0 Å². The Labute approximate surface area is 134 Å². The van der Waals surface area contributed by atoms with Crippen molar-refractivity contribution in [3.63, 3.8) is 0 Å². The first-order valence-corrected chi connectivity index (χ1v) is 7.98. The van der Waals surface area contributed by atoms with Crippen LogP contribution in [0.2, 0.25) is 0 Å². The van der Waals surface area contributed by atoms with Gasteiger partial charge in [0.1, 0.15) is 11.6 Å². The maximum absolute atomic E-state index is 14.3. The van der Waals surface area contributed by atoms with Crippen molar-refractivity contribution in [3.05, 3.63) is 35.4 Å². The summed E-state index contributed by atoms with van der Waals surface area (Å²) in [6, 6.07) is 3.16. The Morgan fingerprint density at radius 3 is 2.65 bits per heavy atom. The highest BCUT2D eigenvalue weighted by Gasteiger charge is 2.44. The van der Waals surface area contributed by atoms with E-state index >= 15 is 0 Å². The van der Waals surface area contributed by atoms with Gasteiger partial charge in [0, 0.05) is 37.5 Å². The summed E-state index contributed by atoms with van der Waals surface area (Å²) in [5.41, 5.74) is -0.850. The van der Waals surface area contributed by atoms with Crippen LogP contribution in [0.4, 0.5) is 8.78 Å². The monoisotopic (exact) mass is 327 g/mol. The number of rotatable bonds is 6. The molecule has 1 aromatic carbocycles. The summed E-state index contributed by atoms with van der Waals surface area (Å²) >= 11 is 0. The van der Waals surface area contributed by atoms with Crippen molar-refractivity contribution in [3.8, 4) is 0 Å². The molecule has 0 aromatic heterocycles. The number of aliphatic hydroxyl groups excluding tert-OH is 1. The molecule has 1 saturated heterocycles. The number of aliphatic hydroxyl groups is 1. The van der Waals surface area contributed by atoms with Crippen molar-refractivity contribution in [2.75, 3.05) is 19.8 Å². The molecule has 2 rings (SSSR count). The molecule has 4 nitrogen and oxygen atoms in total. The van der Waals surface area contributed by atoms with Gasteiger partial charge < -0.3 is 15.2 Å². The van der Waals surface area contributed by atoms with Crippen LogP contribution in [0.3, 0.4) is 0 Å². The molecule has 6 heteroatoms. The van der Waals surface area contributed by atoms with Crippen molar-refractivity contribution in [1.82, 2.24) is 5.32 Å². The van der Waals surface area contributed by atoms with Crippen molar-refractivity contribution in [2.24, 2.45) is 0 Å². The lowest BCUT2D eigenvalue weighted by Crippen LogP contribution is -2.51. The minimum atomic E-state index is -1.06. The highest BCUT2D eigenvalue weighted by atomic mass is 19.1. The summed E-state index contributed by atoms with van der Waals surface area (Å²) in [7, 11) is 0. The van der Waals surface area contributed by atoms with Gasteiger partial charge in [-0.25, -0.2) is 8.78 Å². The molecule has 2 N–H and O–H groups in total. The lowest BCUT2D eigenvalue weighted by Gasteiger charge is -2.37. The summed E-state index contributed by atoms with van der Waals surface area (Å²) < 4.78 is 32.8. The molecule has 1 aliphatic rings. The number of carbonyl (C=O) groups is 1. The first kappa shape index (κ1) is 17.8. The van der Waals surface area contributed by atoms with Crippen LogP contribution in [0.5, 0.6) is 0 Å². The van der Waals surface area contributed by atoms with E-state index in [2.05, 4.69) is 5.32 Å². The molecule has 1 aromatic rings. The molecule has 23 heavy (non-hydrogen) atoms. The molecule has 0 aliphatic carbocycles. The second-order valence-electron chi connectivity index (χ2n) is 5.91. The highest BCUT2D eigenvalue weighted by Crippen LogP contribution is 2.37. The second kappa shape index (κ2) is 7.84. The van der Waals surface area contributed by atoms with E-state index in [1.165, 1.54) is 12.1 Å². The van der Waals surface area contributed by atoms with Gasteiger partial charge in [-0.15, -0.1) is 0 Å². The summed E-state index contributed by atoms with van der Waals surface area (Å²) in [5.74, 6) is -1.66. The molecule has 1 fully saturated rings. The number of hydrogen-bond donors (Lipinski definition) is 2. The van der Waals surface area contributed by atoms with Crippen molar-refractivity contribution >= 4 is 5.91 Å². The highest BCUT2D eigenvalue weighted by molar-refractivity contribution is 5.88. The van der Waals surface area contributed by atoms with Gasteiger partial charge in [0.05, 0.1) is 5.41 Å². The number of nitrogens with one attached hydrogen (secondary N) is 1. The number of benzene rings is 1. The Morgan fingerprint density at radius 2 is 2.09 bits per heavy atom. The Hall–Kier alpha value is -1.53. The third kappa shape index (κ3) is 3.87. The molecule has 0 radical (unpaired) electrons. The fraction of sp³-hybridized carbons (Fsp3) is 0.588. The van der Waals surface area contributed by atoms with Gasteiger partial charge in [0.2, 0.25) is 5.91 Å². The quantitative estimate of drug-likeness (QED) is 0.843. The van der Waals surface area contributed by atoms with Gasteiger partial charge in [-0.2, -0.15) is 0 Å². The third-order valence-electron chi connectivity index (χ3n) is 4.53. The number of hydrogen-bond acceptors (Lipinski definition) is 3. The fourth-order valence-electron chi connectivity index (χ4n) is 3.07. The van der Waals surface area contributed by atoms with Crippen LogP contribution in [-0.2, 0) is 14.9 Å². The summed E-state index contributed by atoms with van der Waals surface area (Å²) in [6.07, 6.45) is 1.80. The van der Waals surface area contributed by atoms with Crippen LogP contribution in [0.15, 0.2) is 18.2 Å². The standard InChI is InChI=1S/C17H23F2NO3/c1-2-13(5-8-21)20-16(22)17(6-9-23-10-7-17)14-4-3-12(18)11-15(14)19/h3-4,11,13,21H,2,5-10H2,1H3,(H,20,22). The molecule has 1 unspecified atom stereocenters. The Balaban J connectivity index is 2.33. The molecule has 1 heterocycles. The molecule has 0 bridgehead atoms. The van der Waals surface area contributed by atoms with E-state index in [-0.39, 0.29) is 24.1 Å². The maximum atomic E-state index is 14.3. The van der Waals surface area contributed by atoms with E-state index in [0.717, 1.165) is 6.07 Å². The van der Waals surface area contributed by atoms with E-state index < -0.39 is 17.0 Å². The van der Waals surface area contributed by atoms with Crippen LogP contribution in [-0.4, -0.2) is 36.9 Å². The Kier molecular flexibility index (Phi) is 6.07. The molecule has 0 saturated carbocycles. The first-order valence-electron chi connectivity index (χ1n) is 7.98. The second-order valence-corrected chi connectivity index (χ2v) is 5.91. The molecule has 1 atom stereocenters. The van der Waals surface area contributed by atoms with Crippen molar-refractivity contribution in [2.45, 2.75) is 44.1 Å². The van der Waals surface area contributed by atoms with Gasteiger partial charge in [-0.1, -0.05) is 13.0 Å². The van der Waals surface area contributed by atoms with Crippen LogP contribution in [0.1, 0.15) is 38.2 Å². The number of ether oxygens (including phenoxy) is 1. The van der Waals surface area contributed by atoms with E-state index in [0.29, 0.717) is 38.9 Å². The topological polar surface area (TPSA) is 58.6 Å². The maximum Gasteiger partial charge on any atom is 0.231 e. The number of carbonyl (C=O) groups excluding carboxylic acids is 1. The van der Waals surface area contributed by atoms with Crippen LogP contribution >= 0.6 is 0 Å². The zero-order valence-corrected chi connectivity index (χ0v) is 13.3. The van der Waals surface area contributed by atoms with Gasteiger partial charge in [-0.05, 0) is 31.7 Å². The summed E-state index contributed by atoms with van der Waals surface area (Å²) in [4.78, 5) is 12.9. The Bertz CT molecular complexity index is 545. The summed E-state index contributed by atoms with van der Waals surface area (Å²) in [5, 5.41) is 12.0. The molecule has 0 spiro atoms. The predicted molar refractivity (Wildman–Crippen MR) is 82.0 cm³/mol. The molecule has 1 aliphatic heterocycles. The zero-order chi connectivity index (χ0) is 16.9. The zero-order valence-electron chi connectivity index (χ0n) is 13.3.